The number of ether oxygens (including phenoxy) is 2. The van der Waals surface area contributed by atoms with Gasteiger partial charge >= 0.3 is 12.0 Å². The summed E-state index contributed by atoms with van der Waals surface area (Å²) in [7, 11) is 0. The maximum Gasteiger partial charge on any atom is 0.328 e. The second kappa shape index (κ2) is 7.23. The van der Waals surface area contributed by atoms with Gasteiger partial charge in [-0.25, -0.2) is 4.79 Å². The molecule has 0 aliphatic carbocycles. The van der Waals surface area contributed by atoms with Crippen LogP contribution in [0.5, 0.6) is 0 Å². The Kier molecular flexibility index (Phi) is 5.33. The minimum atomic E-state index is -0.557. The smallest absolute Gasteiger partial charge is 0.328 e. The second-order valence-electron chi connectivity index (χ2n) is 5.46. The van der Waals surface area contributed by atoms with Crippen LogP contribution in [0.15, 0.2) is 36.2 Å². The molecule has 23 heavy (non-hydrogen) atoms. The van der Waals surface area contributed by atoms with Crippen molar-refractivity contribution < 1.29 is 23.9 Å². The summed E-state index contributed by atoms with van der Waals surface area (Å²) < 4.78 is 10.7. The molecule has 1 N–H and O–H groups in total. The van der Waals surface area contributed by atoms with Crippen LogP contribution in [-0.4, -0.2) is 41.6 Å². The first kappa shape index (κ1) is 17.0. The highest BCUT2D eigenvalue weighted by Gasteiger charge is 2.30. The van der Waals surface area contributed by atoms with Crippen molar-refractivity contribution in [2.24, 2.45) is 0 Å². The molecule has 0 spiro atoms. The molecule has 0 radical (unpaired) electrons. The van der Waals surface area contributed by atoms with Gasteiger partial charge in [0, 0.05) is 18.3 Å². The molecule has 2 amide bonds. The van der Waals surface area contributed by atoms with Crippen molar-refractivity contribution in [2.45, 2.75) is 39.0 Å². The third-order valence-electron chi connectivity index (χ3n) is 3.47. The summed E-state index contributed by atoms with van der Waals surface area (Å²) in [6.45, 7) is 7.04. The number of ketones is 1. The Hall–Kier alpha value is -2.41. The molecule has 0 aromatic heterocycles. The Bertz CT molecular complexity index is 593. The molecule has 0 bridgehead atoms. The fraction of sp³-hybridized carbons (Fsp3) is 0.438. The fourth-order valence-electron chi connectivity index (χ4n) is 2.09. The van der Waals surface area contributed by atoms with Gasteiger partial charge < -0.3 is 19.6 Å². The maximum absolute atomic E-state index is 11.9. The van der Waals surface area contributed by atoms with E-state index in [0.29, 0.717) is 5.70 Å². The van der Waals surface area contributed by atoms with Crippen molar-refractivity contribution in [3.63, 3.8) is 0 Å². The highest BCUT2D eigenvalue weighted by molar-refractivity contribution is 5.81. The summed E-state index contributed by atoms with van der Waals surface area (Å²) in [5.41, 5.74) is 1.39. The van der Waals surface area contributed by atoms with E-state index in [1.807, 2.05) is 6.92 Å². The number of carbonyl (C=O) groups is 3. The third kappa shape index (κ3) is 4.53. The largest absolute Gasteiger partial charge is 0.463 e. The number of rotatable bonds is 6. The van der Waals surface area contributed by atoms with Crippen LogP contribution in [0.3, 0.4) is 0 Å². The Labute approximate surface area is 134 Å². The Morgan fingerprint density at radius 3 is 2.83 bits per heavy atom. The molecule has 2 aliphatic heterocycles. The Morgan fingerprint density at radius 1 is 1.39 bits per heavy atom. The van der Waals surface area contributed by atoms with Gasteiger partial charge in [-0.05, 0) is 25.5 Å². The van der Waals surface area contributed by atoms with Crippen molar-refractivity contribution in [2.75, 3.05) is 6.61 Å². The minimum Gasteiger partial charge on any atom is -0.463 e. The lowest BCUT2D eigenvalue weighted by atomic mass is 10.2. The number of esters is 1. The zero-order chi connectivity index (χ0) is 17.0. The standard InChI is InChI=1S/C16H20N2O5/c1-10-8-18(16(21)17-12(10)3)14-6-5-13(23-14)9-22-15(20)7-4-11(2)19/h5-6,8,13-14H,3-4,7,9H2,1-2H3,(H,17,21)/t13-,14+/m0/s1. The van der Waals surface area contributed by atoms with Crippen molar-refractivity contribution in [1.82, 2.24) is 10.2 Å². The Balaban J connectivity index is 1.82. The molecule has 2 aliphatic rings. The number of urea groups is 1. The minimum absolute atomic E-state index is 0.0502. The highest BCUT2D eigenvalue weighted by atomic mass is 16.6. The van der Waals surface area contributed by atoms with E-state index in [4.69, 9.17) is 9.47 Å². The molecule has 0 saturated heterocycles. The van der Waals surface area contributed by atoms with Crippen molar-refractivity contribution >= 4 is 17.8 Å². The quantitative estimate of drug-likeness (QED) is 0.594. The first-order valence-electron chi connectivity index (χ1n) is 7.32. The number of amides is 2. The molecule has 7 heteroatoms. The fourth-order valence-corrected chi connectivity index (χ4v) is 2.09. The van der Waals surface area contributed by atoms with Gasteiger partial charge in [0.05, 0.1) is 6.42 Å². The van der Waals surface area contributed by atoms with Crippen LogP contribution in [0.1, 0.15) is 26.7 Å². The highest BCUT2D eigenvalue weighted by Crippen LogP contribution is 2.21. The number of hydrogen-bond acceptors (Lipinski definition) is 5. The number of carbonyl (C=O) groups excluding carboxylic acids is 3. The summed E-state index contributed by atoms with van der Waals surface area (Å²) in [5.74, 6) is -0.498. The molecule has 0 unspecified atom stereocenters. The van der Waals surface area contributed by atoms with E-state index in [1.54, 1.807) is 18.4 Å². The first-order chi connectivity index (χ1) is 10.9. The molecular formula is C16H20N2O5. The zero-order valence-electron chi connectivity index (χ0n) is 13.2. The lowest BCUT2D eigenvalue weighted by Gasteiger charge is -2.30. The van der Waals surface area contributed by atoms with Crippen molar-refractivity contribution in [3.8, 4) is 0 Å². The lowest BCUT2D eigenvalue weighted by Crippen LogP contribution is -2.45. The molecule has 0 aromatic carbocycles. The molecule has 124 valence electrons. The molecule has 0 saturated carbocycles. The van der Waals surface area contributed by atoms with Crippen LogP contribution in [-0.2, 0) is 19.1 Å². The normalized spacial score (nSPS) is 23.6. The van der Waals surface area contributed by atoms with Gasteiger partial charge in [0.1, 0.15) is 18.5 Å². The van der Waals surface area contributed by atoms with Gasteiger partial charge in [-0.3, -0.25) is 9.69 Å². The van der Waals surface area contributed by atoms with E-state index in [9.17, 15) is 14.4 Å². The molecule has 7 nitrogen and oxygen atoms in total. The SMILES string of the molecule is C=C1NC(=O)N([C@H]2C=C[C@@H](COC(=O)CCC(C)=O)O2)C=C1C. The van der Waals surface area contributed by atoms with Gasteiger partial charge in [0.15, 0.2) is 6.23 Å². The van der Waals surface area contributed by atoms with Crippen LogP contribution in [0.25, 0.3) is 0 Å². The van der Waals surface area contributed by atoms with Gasteiger partial charge in [-0.1, -0.05) is 12.7 Å². The maximum atomic E-state index is 11.9. The van der Waals surface area contributed by atoms with Gasteiger partial charge in [-0.15, -0.1) is 0 Å². The average molecular weight is 320 g/mol. The summed E-state index contributed by atoms with van der Waals surface area (Å²) in [6, 6.07) is -0.325. The zero-order valence-corrected chi connectivity index (χ0v) is 13.2. The number of allylic oxidation sites excluding steroid dienone is 1. The van der Waals surface area contributed by atoms with Crippen LogP contribution in [0, 0.1) is 0 Å². The van der Waals surface area contributed by atoms with E-state index in [1.165, 1.54) is 11.8 Å². The molecule has 2 atom stereocenters. The topological polar surface area (TPSA) is 84.9 Å². The van der Waals surface area contributed by atoms with Crippen LogP contribution in [0.2, 0.25) is 0 Å². The predicted octanol–water partition coefficient (Wildman–Crippen LogP) is 1.62. The summed E-state index contributed by atoms with van der Waals surface area (Å²) in [6.07, 6.45) is 4.39. The van der Waals surface area contributed by atoms with Gasteiger partial charge in [-0.2, -0.15) is 0 Å². The predicted molar refractivity (Wildman–Crippen MR) is 81.9 cm³/mol. The van der Waals surface area contributed by atoms with E-state index in [2.05, 4.69) is 11.9 Å². The average Bonchev–Trinajstić information content (AvgIpc) is 2.95. The number of nitrogens with zero attached hydrogens (tertiary/aromatic N) is 1. The van der Waals surface area contributed by atoms with Crippen molar-refractivity contribution in [1.29, 1.82) is 0 Å². The van der Waals surface area contributed by atoms with Crippen LogP contribution in [0.4, 0.5) is 4.79 Å². The molecule has 2 rings (SSSR count). The monoisotopic (exact) mass is 320 g/mol. The number of Topliss-reactive ketones (excluding diaryl/α,β-unsaturated/α-hetero) is 1. The Morgan fingerprint density at radius 2 is 2.13 bits per heavy atom. The first-order valence-corrected chi connectivity index (χ1v) is 7.32. The van der Waals surface area contributed by atoms with E-state index < -0.39 is 18.3 Å². The van der Waals surface area contributed by atoms with E-state index in [-0.39, 0.29) is 31.3 Å². The molecule has 2 heterocycles. The summed E-state index contributed by atoms with van der Waals surface area (Å²) in [5, 5.41) is 2.64. The molecule has 0 aromatic rings. The second-order valence-corrected chi connectivity index (χ2v) is 5.46. The van der Waals surface area contributed by atoms with Gasteiger partial charge in [0.2, 0.25) is 0 Å². The van der Waals surface area contributed by atoms with E-state index >= 15 is 0 Å². The molecular weight excluding hydrogens is 300 g/mol. The van der Waals surface area contributed by atoms with Gasteiger partial charge in [0.25, 0.3) is 0 Å². The summed E-state index contributed by atoms with van der Waals surface area (Å²) >= 11 is 0. The lowest BCUT2D eigenvalue weighted by molar-refractivity contribution is -0.148. The van der Waals surface area contributed by atoms with Crippen LogP contribution < -0.4 is 5.32 Å². The van der Waals surface area contributed by atoms with E-state index in [0.717, 1.165) is 5.57 Å². The third-order valence-corrected chi connectivity index (χ3v) is 3.47. The number of hydrogen-bond donors (Lipinski definition) is 1. The van der Waals surface area contributed by atoms with Crippen molar-refractivity contribution in [3.05, 3.63) is 36.2 Å². The molecule has 0 fully saturated rings. The van der Waals surface area contributed by atoms with Crippen LogP contribution >= 0.6 is 0 Å². The number of nitrogens with one attached hydrogen (secondary N) is 1. The summed E-state index contributed by atoms with van der Waals surface area (Å²) in [4.78, 5) is 35.6.